The van der Waals surface area contributed by atoms with Crippen LogP contribution in [0.1, 0.15) is 11.5 Å². The van der Waals surface area contributed by atoms with E-state index < -0.39 is 0 Å². The fourth-order valence-corrected chi connectivity index (χ4v) is 3.25. The van der Waals surface area contributed by atoms with E-state index in [4.69, 9.17) is 4.74 Å². The molecule has 2 heterocycles. The van der Waals surface area contributed by atoms with Crippen molar-refractivity contribution in [3.05, 3.63) is 48.2 Å². The molecular weight excluding hydrogens is 312 g/mol. The van der Waals surface area contributed by atoms with Crippen LogP contribution in [0.3, 0.4) is 0 Å². The van der Waals surface area contributed by atoms with Crippen LogP contribution in [0.2, 0.25) is 0 Å². The maximum atomic E-state index is 5.62. The molecule has 2 N–H and O–H groups in total. The monoisotopic (exact) mass is 332 g/mol. The fourth-order valence-electron chi connectivity index (χ4n) is 3.25. The van der Waals surface area contributed by atoms with E-state index in [2.05, 4.69) is 57.3 Å². The van der Waals surface area contributed by atoms with Crippen molar-refractivity contribution in [2.75, 3.05) is 20.2 Å². The third-order valence-corrected chi connectivity index (χ3v) is 4.71. The molecule has 0 aliphatic carbocycles. The minimum atomic E-state index is 0.472. The van der Waals surface area contributed by atoms with Gasteiger partial charge >= 0.3 is 0 Å². The summed E-state index contributed by atoms with van der Waals surface area (Å²) in [6.07, 6.45) is 3.42. The van der Waals surface area contributed by atoms with Gasteiger partial charge in [0.2, 0.25) is 0 Å². The predicted molar refractivity (Wildman–Crippen MR) is 104 cm³/mol. The van der Waals surface area contributed by atoms with Gasteiger partial charge in [-0.25, -0.2) is 4.99 Å². The number of fused-ring (bicyclic) bond motifs is 1. The smallest absolute Gasteiger partial charge is 0.124 e. The first-order chi connectivity index (χ1) is 12.3. The van der Waals surface area contributed by atoms with E-state index in [1.165, 1.54) is 17.3 Å². The minimum Gasteiger partial charge on any atom is -0.496 e. The van der Waals surface area contributed by atoms with E-state index in [0.29, 0.717) is 5.92 Å². The Balaban J connectivity index is 1.90. The largest absolute Gasteiger partial charge is 0.496 e. The molecule has 3 aromatic rings. The maximum absolute atomic E-state index is 5.62. The fraction of sp³-hybridized carbons (Fsp3) is 0.200. The van der Waals surface area contributed by atoms with E-state index in [9.17, 15) is 0 Å². The molecule has 5 nitrogen and oxygen atoms in total. The number of aromatic nitrogens is 1. The van der Waals surface area contributed by atoms with Gasteiger partial charge in [0, 0.05) is 47.9 Å². The molecule has 1 fully saturated rings. The summed E-state index contributed by atoms with van der Waals surface area (Å²) >= 11 is 0. The molecule has 0 bridgehead atoms. The summed E-state index contributed by atoms with van der Waals surface area (Å²) in [4.78, 5) is 11.4. The summed E-state index contributed by atoms with van der Waals surface area (Å²) < 4.78 is 5.62. The number of benzene rings is 2. The highest BCUT2D eigenvalue weighted by molar-refractivity contribution is 5.89. The predicted octanol–water partition coefficient (Wildman–Crippen LogP) is 3.89. The lowest BCUT2D eigenvalue weighted by molar-refractivity contribution is 0.385. The molecule has 25 heavy (non-hydrogen) atoms. The minimum absolute atomic E-state index is 0.472. The Labute approximate surface area is 146 Å². The first-order valence-electron chi connectivity index (χ1n) is 8.28. The highest BCUT2D eigenvalue weighted by atomic mass is 16.5. The Morgan fingerprint density at radius 1 is 1.20 bits per heavy atom. The molecule has 0 saturated carbocycles. The van der Waals surface area contributed by atoms with Gasteiger partial charge in [-0.3, -0.25) is 4.99 Å². The molecule has 5 heteroatoms. The van der Waals surface area contributed by atoms with Crippen LogP contribution in [0.25, 0.3) is 22.0 Å². The third-order valence-electron chi connectivity index (χ3n) is 4.71. The number of hydrogen-bond donors (Lipinski definition) is 2. The van der Waals surface area contributed by atoms with Gasteiger partial charge in [-0.1, -0.05) is 6.07 Å². The molecule has 1 aliphatic rings. The van der Waals surface area contributed by atoms with E-state index in [1.54, 1.807) is 7.11 Å². The zero-order chi connectivity index (χ0) is 17.2. The second-order valence-corrected chi connectivity index (χ2v) is 6.17. The molecule has 0 unspecified atom stereocenters. The van der Waals surface area contributed by atoms with Gasteiger partial charge in [-0.05, 0) is 41.9 Å². The summed E-state index contributed by atoms with van der Waals surface area (Å²) in [6.45, 7) is 5.43. The Hall–Kier alpha value is -2.92. The molecule has 0 amide bonds. The Morgan fingerprint density at radius 2 is 2.08 bits per heavy atom. The second-order valence-electron chi connectivity index (χ2n) is 6.17. The molecule has 0 atom stereocenters. The molecule has 1 aromatic heterocycles. The summed E-state index contributed by atoms with van der Waals surface area (Å²) in [6, 6.07) is 12.7. The van der Waals surface area contributed by atoms with Crippen LogP contribution in [0.4, 0.5) is 5.69 Å². The number of hydrogen-bond acceptors (Lipinski definition) is 3. The van der Waals surface area contributed by atoms with Crippen molar-refractivity contribution in [3.8, 4) is 16.9 Å². The number of H-pyrrole nitrogens is 1. The third kappa shape index (κ3) is 2.83. The van der Waals surface area contributed by atoms with Crippen LogP contribution >= 0.6 is 0 Å². The molecule has 2 aromatic carbocycles. The van der Waals surface area contributed by atoms with E-state index in [0.717, 1.165) is 41.2 Å². The highest BCUT2D eigenvalue weighted by Gasteiger charge is 2.24. The number of ether oxygens (including phenoxy) is 1. The topological polar surface area (TPSA) is 61.8 Å². The standard InChI is InChI=1S/C20H20N4O/c1-21-12-24-19-9-20(25-2)17(15-10-22-11-15)8-16(19)13-3-4-18-14(7-13)5-6-23-18/h3-9,12,15,22-23H,1,10-11H2,2H3. The van der Waals surface area contributed by atoms with Crippen LogP contribution in [0, 0.1) is 0 Å². The van der Waals surface area contributed by atoms with Crippen molar-refractivity contribution in [1.29, 1.82) is 0 Å². The van der Waals surface area contributed by atoms with Crippen molar-refractivity contribution in [2.45, 2.75) is 5.92 Å². The molecule has 0 spiro atoms. The lowest BCUT2D eigenvalue weighted by Crippen LogP contribution is -2.40. The first-order valence-corrected chi connectivity index (χ1v) is 8.28. The lowest BCUT2D eigenvalue weighted by atomic mass is 9.89. The van der Waals surface area contributed by atoms with Crippen LogP contribution < -0.4 is 10.1 Å². The quantitative estimate of drug-likeness (QED) is 0.550. The highest BCUT2D eigenvalue weighted by Crippen LogP contribution is 2.40. The summed E-state index contributed by atoms with van der Waals surface area (Å²) in [5.41, 5.74) is 5.37. The van der Waals surface area contributed by atoms with E-state index in [-0.39, 0.29) is 0 Å². The number of rotatable bonds is 5. The van der Waals surface area contributed by atoms with Crippen molar-refractivity contribution in [1.82, 2.24) is 10.3 Å². The van der Waals surface area contributed by atoms with Gasteiger partial charge in [0.15, 0.2) is 0 Å². The van der Waals surface area contributed by atoms with Gasteiger partial charge in [0.05, 0.1) is 12.8 Å². The van der Waals surface area contributed by atoms with Crippen LogP contribution in [0.15, 0.2) is 52.6 Å². The van der Waals surface area contributed by atoms with Crippen LogP contribution in [0.5, 0.6) is 5.75 Å². The Bertz CT molecular complexity index is 953. The normalized spacial score (nSPS) is 14.8. The Morgan fingerprint density at radius 3 is 2.80 bits per heavy atom. The van der Waals surface area contributed by atoms with Crippen molar-refractivity contribution in [3.63, 3.8) is 0 Å². The molecule has 4 rings (SSSR count). The number of methoxy groups -OCH3 is 1. The average Bonchev–Trinajstić information content (AvgIpc) is 3.06. The molecule has 1 aliphatic heterocycles. The number of nitrogens with zero attached hydrogens (tertiary/aromatic N) is 2. The molecule has 126 valence electrons. The zero-order valence-corrected chi connectivity index (χ0v) is 14.1. The van der Waals surface area contributed by atoms with Gasteiger partial charge in [0.1, 0.15) is 12.1 Å². The maximum Gasteiger partial charge on any atom is 0.124 e. The van der Waals surface area contributed by atoms with Crippen LogP contribution in [-0.2, 0) is 0 Å². The molecular formula is C20H20N4O. The number of aliphatic imine (C=N–C) groups is 2. The summed E-state index contributed by atoms with van der Waals surface area (Å²) in [5, 5.41) is 4.51. The van der Waals surface area contributed by atoms with Crippen molar-refractivity contribution < 1.29 is 4.74 Å². The first kappa shape index (κ1) is 15.6. The Kier molecular flexibility index (Phi) is 4.07. The lowest BCUT2D eigenvalue weighted by Gasteiger charge is -2.29. The van der Waals surface area contributed by atoms with Gasteiger partial charge in [0.25, 0.3) is 0 Å². The average molecular weight is 332 g/mol. The van der Waals surface area contributed by atoms with Crippen molar-refractivity contribution in [2.24, 2.45) is 9.98 Å². The van der Waals surface area contributed by atoms with Gasteiger partial charge < -0.3 is 15.0 Å². The van der Waals surface area contributed by atoms with Crippen molar-refractivity contribution >= 4 is 29.6 Å². The molecule has 0 radical (unpaired) electrons. The second kappa shape index (κ2) is 6.53. The van der Waals surface area contributed by atoms with E-state index >= 15 is 0 Å². The molecule has 1 saturated heterocycles. The van der Waals surface area contributed by atoms with Crippen LogP contribution in [-0.4, -0.2) is 38.2 Å². The number of aromatic amines is 1. The zero-order valence-electron chi connectivity index (χ0n) is 14.1. The summed E-state index contributed by atoms with van der Waals surface area (Å²) in [7, 11) is 1.70. The van der Waals surface area contributed by atoms with Gasteiger partial charge in [-0.2, -0.15) is 0 Å². The van der Waals surface area contributed by atoms with E-state index in [1.807, 2.05) is 12.3 Å². The number of nitrogens with one attached hydrogen (secondary N) is 2. The van der Waals surface area contributed by atoms with Gasteiger partial charge in [-0.15, -0.1) is 0 Å². The SMILES string of the molecule is C=NC=Nc1cc(OC)c(C2CNC2)cc1-c1ccc2[nH]ccc2c1. The summed E-state index contributed by atoms with van der Waals surface area (Å²) in [5.74, 6) is 1.34.